The third kappa shape index (κ3) is 3.44. The van der Waals surface area contributed by atoms with Crippen molar-refractivity contribution in [2.24, 2.45) is 11.8 Å². The predicted molar refractivity (Wildman–Crippen MR) is 118 cm³/mol. The smallest absolute Gasteiger partial charge is 0.233 e. The van der Waals surface area contributed by atoms with Crippen LogP contribution < -0.4 is 0 Å². The molecule has 5 rings (SSSR count). The van der Waals surface area contributed by atoms with Crippen LogP contribution in [-0.4, -0.2) is 49.2 Å². The van der Waals surface area contributed by atoms with Gasteiger partial charge in [-0.2, -0.15) is 0 Å². The van der Waals surface area contributed by atoms with Gasteiger partial charge in [0.05, 0.1) is 11.1 Å². The Balaban J connectivity index is 1.43. The van der Waals surface area contributed by atoms with E-state index < -0.39 is 0 Å². The molecule has 0 radical (unpaired) electrons. The number of carbonyl (C=O) groups excluding carboxylic acids is 1. The summed E-state index contributed by atoms with van der Waals surface area (Å²) in [5.41, 5.74) is 2.32. The molecule has 3 aromatic heterocycles. The molecule has 6 nitrogen and oxygen atoms in total. The summed E-state index contributed by atoms with van der Waals surface area (Å²) in [5, 5.41) is 10.9. The van der Waals surface area contributed by atoms with Crippen molar-refractivity contribution >= 4 is 44.9 Å². The fourth-order valence-corrected chi connectivity index (χ4v) is 6.84. The first-order valence-corrected chi connectivity index (χ1v) is 12.4. The summed E-state index contributed by atoms with van der Waals surface area (Å²) in [5.74, 6) is 2.97. The number of carbonyl (C=O) groups is 1. The summed E-state index contributed by atoms with van der Waals surface area (Å²) in [7, 11) is 0. The van der Waals surface area contributed by atoms with Gasteiger partial charge in [-0.05, 0) is 56.4 Å². The van der Waals surface area contributed by atoms with Crippen molar-refractivity contribution in [1.82, 2.24) is 24.5 Å². The number of likely N-dealkylation sites (tertiary alicyclic amines) is 1. The van der Waals surface area contributed by atoms with Crippen LogP contribution in [-0.2, 0) is 17.6 Å². The molecule has 1 atom stereocenters. The molecule has 0 N–H and O–H groups in total. The third-order valence-electron chi connectivity index (χ3n) is 6.40. The Morgan fingerprint density at radius 2 is 1.97 bits per heavy atom. The van der Waals surface area contributed by atoms with Gasteiger partial charge in [0, 0.05) is 18.0 Å². The van der Waals surface area contributed by atoms with Gasteiger partial charge in [-0.15, -0.1) is 21.5 Å². The van der Waals surface area contributed by atoms with Crippen molar-refractivity contribution in [1.29, 1.82) is 0 Å². The molecule has 0 aromatic carbocycles. The second-order valence-electron chi connectivity index (χ2n) is 8.68. The van der Waals surface area contributed by atoms with E-state index in [1.165, 1.54) is 34.0 Å². The van der Waals surface area contributed by atoms with Gasteiger partial charge in [-0.25, -0.2) is 4.98 Å². The molecule has 1 saturated heterocycles. The van der Waals surface area contributed by atoms with Crippen LogP contribution in [0.15, 0.2) is 5.16 Å². The normalized spacial score (nSPS) is 20.5. The molecule has 154 valence electrons. The maximum absolute atomic E-state index is 12.6. The molecule has 29 heavy (non-hydrogen) atoms. The number of fused-ring (bicyclic) bond motifs is 5. The van der Waals surface area contributed by atoms with Gasteiger partial charge >= 0.3 is 0 Å². The molecule has 8 heteroatoms. The van der Waals surface area contributed by atoms with E-state index in [1.807, 2.05) is 27.6 Å². The van der Waals surface area contributed by atoms with E-state index in [-0.39, 0.29) is 5.91 Å². The zero-order valence-corrected chi connectivity index (χ0v) is 18.9. The van der Waals surface area contributed by atoms with Gasteiger partial charge in [0.25, 0.3) is 0 Å². The van der Waals surface area contributed by atoms with E-state index in [0.717, 1.165) is 72.1 Å². The maximum atomic E-state index is 12.6. The van der Waals surface area contributed by atoms with Crippen LogP contribution in [0.1, 0.15) is 49.4 Å². The number of thiophene rings is 1. The first-order chi connectivity index (χ1) is 14.0. The van der Waals surface area contributed by atoms with Crippen molar-refractivity contribution < 1.29 is 4.79 Å². The number of piperidine rings is 1. The molecule has 1 amide bonds. The van der Waals surface area contributed by atoms with Gasteiger partial charge in [-0.3, -0.25) is 9.20 Å². The molecular weight excluding hydrogens is 402 g/mol. The fraction of sp³-hybridized carbons (Fsp3) is 0.619. The van der Waals surface area contributed by atoms with Crippen LogP contribution in [0.3, 0.4) is 0 Å². The highest BCUT2D eigenvalue weighted by molar-refractivity contribution is 7.99. The lowest BCUT2D eigenvalue weighted by molar-refractivity contribution is -0.129. The topological polar surface area (TPSA) is 63.4 Å². The highest BCUT2D eigenvalue weighted by Crippen LogP contribution is 2.39. The van der Waals surface area contributed by atoms with E-state index in [0.29, 0.717) is 5.75 Å². The lowest BCUT2D eigenvalue weighted by Gasteiger charge is -2.30. The van der Waals surface area contributed by atoms with E-state index in [4.69, 9.17) is 4.98 Å². The van der Waals surface area contributed by atoms with Gasteiger partial charge in [-0.1, -0.05) is 25.6 Å². The quantitative estimate of drug-likeness (QED) is 0.586. The van der Waals surface area contributed by atoms with Crippen LogP contribution in [0.4, 0.5) is 0 Å². The van der Waals surface area contributed by atoms with Gasteiger partial charge < -0.3 is 4.90 Å². The van der Waals surface area contributed by atoms with Crippen LogP contribution in [0.5, 0.6) is 0 Å². The number of amides is 1. The van der Waals surface area contributed by atoms with Crippen LogP contribution in [0.2, 0.25) is 0 Å². The van der Waals surface area contributed by atoms with Crippen molar-refractivity contribution in [2.45, 2.75) is 58.0 Å². The van der Waals surface area contributed by atoms with E-state index in [2.05, 4.69) is 24.0 Å². The molecule has 1 aliphatic carbocycles. The Hall–Kier alpha value is -1.67. The summed E-state index contributed by atoms with van der Waals surface area (Å²) in [6.45, 7) is 8.35. The Bertz CT molecular complexity index is 1080. The molecule has 1 aliphatic heterocycles. The molecule has 3 aromatic rings. The Morgan fingerprint density at radius 3 is 2.76 bits per heavy atom. The Kier molecular flexibility index (Phi) is 5.02. The summed E-state index contributed by atoms with van der Waals surface area (Å²) in [6, 6.07) is 0. The van der Waals surface area contributed by atoms with Crippen molar-refractivity contribution in [3.05, 3.63) is 16.3 Å². The number of aryl methyl sites for hydroxylation is 2. The second-order valence-corrected chi connectivity index (χ2v) is 10.7. The van der Waals surface area contributed by atoms with Gasteiger partial charge in [0.1, 0.15) is 10.7 Å². The van der Waals surface area contributed by atoms with E-state index in [1.54, 1.807) is 0 Å². The maximum Gasteiger partial charge on any atom is 0.233 e. The highest BCUT2D eigenvalue weighted by atomic mass is 32.2. The average Bonchev–Trinajstić information content (AvgIpc) is 3.27. The SMILES string of the molecule is Cc1nc2sc3c(c2c2nnc(SCC(=O)N4CCC(C)CC4)n12)CC[C@H](C)C3. The van der Waals surface area contributed by atoms with Crippen molar-refractivity contribution in [3.63, 3.8) is 0 Å². The number of rotatable bonds is 3. The zero-order chi connectivity index (χ0) is 20.1. The predicted octanol–water partition coefficient (Wildman–Crippen LogP) is 4.12. The molecule has 0 spiro atoms. The van der Waals surface area contributed by atoms with Gasteiger partial charge in [0.2, 0.25) is 5.91 Å². The van der Waals surface area contributed by atoms with E-state index >= 15 is 0 Å². The summed E-state index contributed by atoms with van der Waals surface area (Å²) < 4.78 is 2.05. The van der Waals surface area contributed by atoms with Gasteiger partial charge in [0.15, 0.2) is 10.8 Å². The van der Waals surface area contributed by atoms with Crippen LogP contribution >= 0.6 is 23.1 Å². The zero-order valence-electron chi connectivity index (χ0n) is 17.3. The molecule has 4 heterocycles. The first-order valence-electron chi connectivity index (χ1n) is 10.6. The lowest BCUT2D eigenvalue weighted by Crippen LogP contribution is -2.38. The van der Waals surface area contributed by atoms with E-state index in [9.17, 15) is 4.79 Å². The monoisotopic (exact) mass is 429 g/mol. The van der Waals surface area contributed by atoms with Crippen molar-refractivity contribution in [2.75, 3.05) is 18.8 Å². The molecule has 0 saturated carbocycles. The number of hydrogen-bond acceptors (Lipinski definition) is 6. The molecule has 1 fully saturated rings. The first kappa shape index (κ1) is 19.3. The second kappa shape index (κ2) is 7.54. The number of nitrogens with zero attached hydrogens (tertiary/aromatic N) is 5. The third-order valence-corrected chi connectivity index (χ3v) is 8.46. The van der Waals surface area contributed by atoms with Crippen molar-refractivity contribution in [3.8, 4) is 0 Å². The number of thioether (sulfide) groups is 1. The Labute approximate surface area is 179 Å². The fourth-order valence-electron chi connectivity index (χ4n) is 4.54. The molecular formula is C21H27N5OS2. The number of hydrogen-bond donors (Lipinski definition) is 0. The lowest BCUT2D eigenvalue weighted by atomic mass is 9.89. The summed E-state index contributed by atoms with van der Waals surface area (Å²) in [6.07, 6.45) is 5.66. The minimum atomic E-state index is 0.201. The standard InChI is InChI=1S/C21H27N5OS2/c1-12-6-8-25(9-7-12)17(27)11-28-21-24-23-19-18-15-5-4-13(2)10-16(15)29-20(18)22-14(3)26(19)21/h12-13H,4-11H2,1-3H3/t13-/m0/s1. The molecule has 0 bridgehead atoms. The average molecular weight is 430 g/mol. The van der Waals surface area contributed by atoms with Crippen LogP contribution in [0.25, 0.3) is 15.9 Å². The summed E-state index contributed by atoms with van der Waals surface area (Å²) >= 11 is 3.30. The minimum absolute atomic E-state index is 0.201. The molecule has 0 unspecified atom stereocenters. The molecule has 2 aliphatic rings. The highest BCUT2D eigenvalue weighted by Gasteiger charge is 2.26. The van der Waals surface area contributed by atoms with Crippen LogP contribution in [0, 0.1) is 18.8 Å². The Morgan fingerprint density at radius 1 is 1.17 bits per heavy atom. The largest absolute Gasteiger partial charge is 0.342 e. The summed E-state index contributed by atoms with van der Waals surface area (Å²) in [4.78, 5) is 22.1. The number of aromatic nitrogens is 4. The minimum Gasteiger partial charge on any atom is -0.342 e.